The Morgan fingerprint density at radius 3 is 2.61 bits per heavy atom. The second-order valence-electron chi connectivity index (χ2n) is 6.84. The summed E-state index contributed by atoms with van der Waals surface area (Å²) < 4.78 is 31.3. The van der Waals surface area contributed by atoms with Crippen molar-refractivity contribution in [1.82, 2.24) is 24.6 Å². The molecule has 28 heavy (non-hydrogen) atoms. The molecule has 0 aliphatic carbocycles. The van der Waals surface area contributed by atoms with Gasteiger partial charge in [-0.05, 0) is 6.42 Å². The zero-order chi connectivity index (χ0) is 20.6. The van der Waals surface area contributed by atoms with Crippen LogP contribution >= 0.6 is 0 Å². The van der Waals surface area contributed by atoms with E-state index < -0.39 is 10.0 Å². The second-order valence-corrected chi connectivity index (χ2v) is 8.81. The van der Waals surface area contributed by atoms with Crippen molar-refractivity contribution in [2.45, 2.75) is 25.5 Å². The fourth-order valence-corrected chi connectivity index (χ4v) is 4.12. The number of unbranched alkanes of at least 4 members (excludes halogenated alkanes) is 1. The Morgan fingerprint density at radius 1 is 1.32 bits per heavy atom. The molecule has 1 aliphatic heterocycles. The third kappa shape index (κ3) is 6.48. The van der Waals surface area contributed by atoms with Gasteiger partial charge in [-0.1, -0.05) is 18.5 Å². The Morgan fingerprint density at radius 2 is 2.04 bits per heavy atom. The molecule has 1 aromatic heterocycles. The number of sulfonamides is 1. The molecule has 2 rings (SSSR count). The van der Waals surface area contributed by atoms with E-state index in [1.807, 2.05) is 4.90 Å². The van der Waals surface area contributed by atoms with Crippen molar-refractivity contribution in [2.24, 2.45) is 4.99 Å². The molecule has 11 heteroatoms. The molecule has 1 aromatic rings. The lowest BCUT2D eigenvalue weighted by Gasteiger charge is -2.35. The van der Waals surface area contributed by atoms with Gasteiger partial charge in [0.1, 0.15) is 18.6 Å². The van der Waals surface area contributed by atoms with E-state index in [2.05, 4.69) is 22.4 Å². The first kappa shape index (κ1) is 22.2. The van der Waals surface area contributed by atoms with E-state index in [-0.39, 0.29) is 18.2 Å². The van der Waals surface area contributed by atoms with E-state index in [1.165, 1.54) is 15.5 Å². The van der Waals surface area contributed by atoms with Crippen LogP contribution in [0.2, 0.25) is 0 Å². The molecule has 0 radical (unpaired) electrons. The van der Waals surface area contributed by atoms with Crippen molar-refractivity contribution < 1.29 is 17.7 Å². The van der Waals surface area contributed by atoms with Gasteiger partial charge in [-0.3, -0.25) is 4.79 Å². The molecule has 0 saturated carbocycles. The number of amides is 1. The monoisotopic (exact) mass is 414 g/mol. The van der Waals surface area contributed by atoms with Gasteiger partial charge >= 0.3 is 0 Å². The lowest BCUT2D eigenvalue weighted by Crippen LogP contribution is -2.54. The van der Waals surface area contributed by atoms with Gasteiger partial charge in [-0.25, -0.2) is 13.4 Å². The molecule has 0 unspecified atom stereocenters. The minimum atomic E-state index is -3.45. The van der Waals surface area contributed by atoms with E-state index in [9.17, 15) is 13.2 Å². The summed E-state index contributed by atoms with van der Waals surface area (Å²) in [6.07, 6.45) is 3.40. The number of likely N-dealkylation sites (N-methyl/N-ethyl adjacent to an activating group) is 1. The first-order valence-electron chi connectivity index (χ1n) is 9.44. The fourth-order valence-electron chi connectivity index (χ4n) is 2.70. The van der Waals surface area contributed by atoms with Crippen molar-refractivity contribution in [2.75, 3.05) is 53.4 Å². The summed E-state index contributed by atoms with van der Waals surface area (Å²) in [7, 11) is -0.0602. The average Bonchev–Trinajstić information content (AvgIpc) is 3.16. The smallest absolute Gasteiger partial charge is 0.243 e. The average molecular weight is 415 g/mol. The molecule has 1 amide bonds. The van der Waals surface area contributed by atoms with Crippen LogP contribution in [0.4, 0.5) is 0 Å². The normalized spacial score (nSPS) is 16.2. The van der Waals surface area contributed by atoms with Gasteiger partial charge in [0.15, 0.2) is 5.96 Å². The van der Waals surface area contributed by atoms with Crippen LogP contribution in [0, 0.1) is 0 Å². The Labute approximate surface area is 166 Å². The van der Waals surface area contributed by atoms with Crippen LogP contribution in [-0.2, 0) is 20.6 Å². The van der Waals surface area contributed by atoms with Gasteiger partial charge in [0.25, 0.3) is 0 Å². The van der Waals surface area contributed by atoms with Crippen molar-refractivity contribution in [3.63, 3.8) is 0 Å². The van der Waals surface area contributed by atoms with E-state index in [4.69, 9.17) is 4.52 Å². The van der Waals surface area contributed by atoms with E-state index in [0.29, 0.717) is 37.8 Å². The maximum absolute atomic E-state index is 12.6. The molecule has 0 atom stereocenters. The van der Waals surface area contributed by atoms with Gasteiger partial charge in [0.2, 0.25) is 15.9 Å². The number of aliphatic imine (C=N–C) groups is 1. The van der Waals surface area contributed by atoms with Crippen molar-refractivity contribution in [1.29, 1.82) is 0 Å². The Hall–Kier alpha value is -2.14. The van der Waals surface area contributed by atoms with Gasteiger partial charge < -0.3 is 19.6 Å². The molecule has 1 fully saturated rings. The number of carbonyl (C=O) groups excluding carboxylic acids is 1. The largest absolute Gasteiger partial charge is 0.364 e. The summed E-state index contributed by atoms with van der Waals surface area (Å²) in [6.45, 7) is 4.65. The number of piperazine rings is 1. The lowest BCUT2D eigenvalue weighted by molar-refractivity contribution is -0.127. The van der Waals surface area contributed by atoms with E-state index in [1.54, 1.807) is 20.2 Å². The molecule has 0 spiro atoms. The van der Waals surface area contributed by atoms with Gasteiger partial charge in [-0.2, -0.15) is 4.31 Å². The predicted molar refractivity (Wildman–Crippen MR) is 106 cm³/mol. The summed E-state index contributed by atoms with van der Waals surface area (Å²) in [6, 6.07) is 1.55. The van der Waals surface area contributed by atoms with Crippen molar-refractivity contribution >= 4 is 21.9 Å². The Kier molecular flexibility index (Phi) is 8.24. The Balaban J connectivity index is 1.97. The summed E-state index contributed by atoms with van der Waals surface area (Å²) in [5.41, 5.74) is 0.396. The van der Waals surface area contributed by atoms with Crippen LogP contribution in [0.3, 0.4) is 0 Å². The van der Waals surface area contributed by atoms with Crippen molar-refractivity contribution in [3.05, 3.63) is 18.0 Å². The number of guanidine groups is 1. The first-order chi connectivity index (χ1) is 13.3. The SMILES string of the molecule is CCCCNC(=NCC(=O)N(C)C)N1CCN(S(=O)(=O)Cc2ccon2)CC1. The van der Waals surface area contributed by atoms with Crippen LogP contribution in [0.15, 0.2) is 21.8 Å². The summed E-state index contributed by atoms with van der Waals surface area (Å²) in [5.74, 6) is 0.400. The van der Waals surface area contributed by atoms with E-state index >= 15 is 0 Å². The number of hydrogen-bond acceptors (Lipinski definition) is 6. The Bertz CT molecular complexity index is 740. The van der Waals surface area contributed by atoms with Crippen LogP contribution in [0.1, 0.15) is 25.5 Å². The molecule has 0 aromatic carbocycles. The van der Waals surface area contributed by atoms with E-state index in [0.717, 1.165) is 19.4 Å². The van der Waals surface area contributed by atoms with Crippen LogP contribution < -0.4 is 5.32 Å². The quantitative estimate of drug-likeness (QED) is 0.361. The highest BCUT2D eigenvalue weighted by molar-refractivity contribution is 7.88. The molecule has 10 nitrogen and oxygen atoms in total. The maximum Gasteiger partial charge on any atom is 0.243 e. The lowest BCUT2D eigenvalue weighted by atomic mass is 10.3. The van der Waals surface area contributed by atoms with Gasteiger partial charge in [-0.15, -0.1) is 0 Å². The minimum Gasteiger partial charge on any atom is -0.364 e. The predicted octanol–water partition coefficient (Wildman–Crippen LogP) is -0.0441. The maximum atomic E-state index is 12.6. The number of hydrogen-bond donors (Lipinski definition) is 1. The number of nitrogens with one attached hydrogen (secondary N) is 1. The van der Waals surface area contributed by atoms with Crippen LogP contribution in [0.5, 0.6) is 0 Å². The zero-order valence-corrected chi connectivity index (χ0v) is 17.6. The van der Waals surface area contributed by atoms with Crippen LogP contribution in [0.25, 0.3) is 0 Å². The standard InChI is InChI=1S/C17H30N6O4S/c1-4-5-7-18-17(19-13-16(24)21(2)3)22-8-10-23(11-9-22)28(25,26)14-15-6-12-27-20-15/h6,12H,4-5,7-11,13-14H2,1-3H3,(H,18,19). The minimum absolute atomic E-state index is 0.0616. The highest BCUT2D eigenvalue weighted by Crippen LogP contribution is 2.13. The first-order valence-corrected chi connectivity index (χ1v) is 11.0. The molecular formula is C17H30N6O4S. The van der Waals surface area contributed by atoms with Gasteiger partial charge in [0.05, 0.1) is 5.69 Å². The third-order valence-electron chi connectivity index (χ3n) is 4.43. The number of rotatable bonds is 8. The summed E-state index contributed by atoms with van der Waals surface area (Å²) in [4.78, 5) is 19.8. The van der Waals surface area contributed by atoms with Crippen molar-refractivity contribution in [3.8, 4) is 0 Å². The number of nitrogens with zero attached hydrogens (tertiary/aromatic N) is 5. The molecule has 1 aliphatic rings. The molecule has 158 valence electrons. The third-order valence-corrected chi connectivity index (χ3v) is 6.24. The molecule has 0 bridgehead atoms. The van der Waals surface area contributed by atoms with Gasteiger partial charge in [0, 0.05) is 52.9 Å². The molecule has 2 heterocycles. The molecule has 1 N–H and O–H groups in total. The molecular weight excluding hydrogens is 384 g/mol. The molecule has 1 saturated heterocycles. The second kappa shape index (κ2) is 10.4. The summed E-state index contributed by atoms with van der Waals surface area (Å²) >= 11 is 0. The number of carbonyl (C=O) groups is 1. The fraction of sp³-hybridized carbons (Fsp3) is 0.706. The topological polar surface area (TPSA) is 111 Å². The zero-order valence-electron chi connectivity index (χ0n) is 16.8. The van der Waals surface area contributed by atoms with Crippen LogP contribution in [-0.4, -0.2) is 92.9 Å². The number of aromatic nitrogens is 1. The summed E-state index contributed by atoms with van der Waals surface area (Å²) in [5, 5.41) is 6.97. The highest BCUT2D eigenvalue weighted by atomic mass is 32.2. The highest BCUT2D eigenvalue weighted by Gasteiger charge is 2.29.